The van der Waals surface area contributed by atoms with Gasteiger partial charge in [-0.25, -0.2) is 9.18 Å². The van der Waals surface area contributed by atoms with E-state index in [0.717, 1.165) is 6.07 Å². The minimum Gasteiger partial charge on any atom is -0.493 e. The average Bonchev–Trinajstić information content (AvgIpc) is 2.17. The number of carbonyl (C=O) groups is 1. The summed E-state index contributed by atoms with van der Waals surface area (Å²) in [5.74, 6) is -1.32. The largest absolute Gasteiger partial charge is 0.493 e. The topological polar surface area (TPSA) is 46.5 Å². The Labute approximate surface area is 91.4 Å². The van der Waals surface area contributed by atoms with Gasteiger partial charge in [0.05, 0.1) is 12.2 Å². The SMILES string of the molecule is O=C(O)c1ccc(OCCCCl)cc1F. The summed E-state index contributed by atoms with van der Waals surface area (Å²) in [6.07, 6.45) is 0.657. The van der Waals surface area contributed by atoms with Crippen LogP contribution in [0.3, 0.4) is 0 Å². The number of carboxylic acids is 1. The Morgan fingerprint density at radius 1 is 1.53 bits per heavy atom. The third kappa shape index (κ3) is 3.40. The number of aromatic carboxylic acids is 1. The minimum atomic E-state index is -1.29. The first kappa shape index (κ1) is 11.8. The molecule has 15 heavy (non-hydrogen) atoms. The van der Waals surface area contributed by atoms with Crippen molar-refractivity contribution in [3.8, 4) is 5.75 Å². The van der Waals surface area contributed by atoms with E-state index in [1.165, 1.54) is 12.1 Å². The normalized spacial score (nSPS) is 10.0. The molecule has 0 aromatic heterocycles. The van der Waals surface area contributed by atoms with Gasteiger partial charge in [-0.2, -0.15) is 0 Å². The van der Waals surface area contributed by atoms with E-state index in [9.17, 15) is 9.18 Å². The van der Waals surface area contributed by atoms with Crippen LogP contribution >= 0.6 is 11.6 Å². The zero-order chi connectivity index (χ0) is 11.3. The molecule has 0 bridgehead atoms. The summed E-state index contributed by atoms with van der Waals surface area (Å²) < 4.78 is 18.3. The number of benzene rings is 1. The summed E-state index contributed by atoms with van der Waals surface area (Å²) in [6, 6.07) is 3.64. The minimum absolute atomic E-state index is 0.308. The van der Waals surface area contributed by atoms with Crippen LogP contribution in [0, 0.1) is 5.82 Å². The van der Waals surface area contributed by atoms with E-state index in [1.54, 1.807) is 0 Å². The Bertz CT molecular complexity index is 355. The Hall–Kier alpha value is -1.29. The lowest BCUT2D eigenvalue weighted by molar-refractivity contribution is 0.0692. The maximum Gasteiger partial charge on any atom is 0.338 e. The van der Waals surface area contributed by atoms with Crippen LogP contribution in [0.15, 0.2) is 18.2 Å². The molecule has 0 amide bonds. The molecule has 0 saturated heterocycles. The second kappa shape index (κ2) is 5.56. The van der Waals surface area contributed by atoms with E-state index >= 15 is 0 Å². The number of hydrogen-bond donors (Lipinski definition) is 1. The van der Waals surface area contributed by atoms with Gasteiger partial charge in [-0.05, 0) is 18.6 Å². The highest BCUT2D eigenvalue weighted by molar-refractivity contribution is 6.17. The van der Waals surface area contributed by atoms with Crippen LogP contribution in [0.5, 0.6) is 5.75 Å². The zero-order valence-electron chi connectivity index (χ0n) is 7.87. The Kier molecular flexibility index (Phi) is 4.37. The van der Waals surface area contributed by atoms with Crippen molar-refractivity contribution in [2.75, 3.05) is 12.5 Å². The van der Waals surface area contributed by atoms with Crippen molar-refractivity contribution in [1.82, 2.24) is 0 Å². The quantitative estimate of drug-likeness (QED) is 0.627. The summed E-state index contributed by atoms with van der Waals surface area (Å²) in [4.78, 5) is 10.5. The second-order valence-corrected chi connectivity index (χ2v) is 3.22. The summed E-state index contributed by atoms with van der Waals surface area (Å²) in [5.41, 5.74) is -0.361. The third-order valence-electron chi connectivity index (χ3n) is 1.72. The molecule has 0 saturated carbocycles. The van der Waals surface area contributed by atoms with Crippen molar-refractivity contribution in [3.05, 3.63) is 29.6 Å². The Balaban J connectivity index is 2.69. The molecule has 0 spiro atoms. The van der Waals surface area contributed by atoms with Crippen LogP contribution in [-0.2, 0) is 0 Å². The van der Waals surface area contributed by atoms with Crippen molar-refractivity contribution in [2.45, 2.75) is 6.42 Å². The zero-order valence-corrected chi connectivity index (χ0v) is 8.63. The molecule has 5 heteroatoms. The number of alkyl halides is 1. The molecule has 82 valence electrons. The standard InChI is InChI=1S/C10H10ClFO3/c11-4-1-5-15-7-2-3-8(10(13)14)9(12)6-7/h2-3,6H,1,4-5H2,(H,13,14). The molecule has 0 aliphatic carbocycles. The monoisotopic (exact) mass is 232 g/mol. The van der Waals surface area contributed by atoms with Crippen LogP contribution in [0.25, 0.3) is 0 Å². The molecule has 3 nitrogen and oxygen atoms in total. The van der Waals surface area contributed by atoms with Crippen LogP contribution in [-0.4, -0.2) is 23.6 Å². The summed E-state index contributed by atoms with van der Waals surface area (Å²) >= 11 is 5.43. The van der Waals surface area contributed by atoms with E-state index in [2.05, 4.69) is 0 Å². The second-order valence-electron chi connectivity index (χ2n) is 2.84. The Morgan fingerprint density at radius 2 is 2.27 bits per heavy atom. The average molecular weight is 233 g/mol. The summed E-state index contributed by atoms with van der Waals surface area (Å²) in [5, 5.41) is 8.57. The number of halogens is 2. The smallest absolute Gasteiger partial charge is 0.338 e. The molecule has 0 aliphatic heterocycles. The highest BCUT2D eigenvalue weighted by Gasteiger charge is 2.10. The third-order valence-corrected chi connectivity index (χ3v) is 1.98. The van der Waals surface area contributed by atoms with Gasteiger partial charge >= 0.3 is 5.97 Å². The van der Waals surface area contributed by atoms with E-state index in [0.29, 0.717) is 24.7 Å². The number of rotatable bonds is 5. The molecular weight excluding hydrogens is 223 g/mol. The van der Waals surface area contributed by atoms with Crippen molar-refractivity contribution in [3.63, 3.8) is 0 Å². The van der Waals surface area contributed by atoms with Crippen LogP contribution in [0.1, 0.15) is 16.8 Å². The van der Waals surface area contributed by atoms with Gasteiger partial charge in [0.1, 0.15) is 11.6 Å². The molecular formula is C10H10ClFO3. The van der Waals surface area contributed by atoms with Crippen LogP contribution in [0.4, 0.5) is 4.39 Å². The lowest BCUT2D eigenvalue weighted by atomic mass is 10.2. The fourth-order valence-corrected chi connectivity index (χ4v) is 1.11. The van der Waals surface area contributed by atoms with Gasteiger partial charge in [-0.1, -0.05) is 0 Å². The van der Waals surface area contributed by atoms with Gasteiger partial charge in [0.15, 0.2) is 0 Å². The van der Waals surface area contributed by atoms with E-state index in [1.807, 2.05) is 0 Å². The van der Waals surface area contributed by atoms with E-state index in [4.69, 9.17) is 21.4 Å². The molecule has 0 fully saturated rings. The summed E-state index contributed by atoms with van der Waals surface area (Å²) in [6.45, 7) is 0.384. The van der Waals surface area contributed by atoms with Gasteiger partial charge < -0.3 is 9.84 Å². The molecule has 1 aromatic rings. The van der Waals surface area contributed by atoms with Gasteiger partial charge in [0, 0.05) is 11.9 Å². The molecule has 0 unspecified atom stereocenters. The van der Waals surface area contributed by atoms with Crippen LogP contribution < -0.4 is 4.74 Å². The number of ether oxygens (including phenoxy) is 1. The fourth-order valence-electron chi connectivity index (χ4n) is 1.00. The molecule has 0 radical (unpaired) electrons. The summed E-state index contributed by atoms with van der Waals surface area (Å²) in [7, 11) is 0. The van der Waals surface area contributed by atoms with Gasteiger partial charge in [-0.3, -0.25) is 0 Å². The highest BCUT2D eigenvalue weighted by Crippen LogP contribution is 2.16. The van der Waals surface area contributed by atoms with Crippen molar-refractivity contribution < 1.29 is 19.0 Å². The number of carboxylic acid groups (broad SMARTS) is 1. The number of hydrogen-bond acceptors (Lipinski definition) is 2. The maximum absolute atomic E-state index is 13.1. The fraction of sp³-hybridized carbons (Fsp3) is 0.300. The molecule has 1 aromatic carbocycles. The van der Waals surface area contributed by atoms with Crippen molar-refractivity contribution in [1.29, 1.82) is 0 Å². The molecule has 0 heterocycles. The molecule has 1 N–H and O–H groups in total. The highest BCUT2D eigenvalue weighted by atomic mass is 35.5. The van der Waals surface area contributed by atoms with E-state index in [-0.39, 0.29) is 5.56 Å². The van der Waals surface area contributed by atoms with Crippen molar-refractivity contribution >= 4 is 17.6 Å². The predicted octanol–water partition coefficient (Wildman–Crippen LogP) is 2.53. The maximum atomic E-state index is 13.1. The molecule has 1 rings (SSSR count). The van der Waals surface area contributed by atoms with Gasteiger partial charge in [0.25, 0.3) is 0 Å². The lowest BCUT2D eigenvalue weighted by Crippen LogP contribution is -2.02. The van der Waals surface area contributed by atoms with Gasteiger partial charge in [0.2, 0.25) is 0 Å². The first-order valence-electron chi connectivity index (χ1n) is 4.36. The lowest BCUT2D eigenvalue weighted by Gasteiger charge is -2.05. The Morgan fingerprint density at radius 3 is 2.80 bits per heavy atom. The first-order chi connectivity index (χ1) is 7.15. The van der Waals surface area contributed by atoms with Crippen LogP contribution in [0.2, 0.25) is 0 Å². The van der Waals surface area contributed by atoms with Crippen molar-refractivity contribution in [2.24, 2.45) is 0 Å². The molecule has 0 aliphatic rings. The molecule has 0 atom stereocenters. The van der Waals surface area contributed by atoms with Gasteiger partial charge in [-0.15, -0.1) is 11.6 Å². The van der Waals surface area contributed by atoms with E-state index < -0.39 is 11.8 Å². The predicted molar refractivity (Wildman–Crippen MR) is 54.2 cm³/mol. The first-order valence-corrected chi connectivity index (χ1v) is 4.90.